The van der Waals surface area contributed by atoms with Crippen LogP contribution in [-0.4, -0.2) is 41.7 Å². The van der Waals surface area contributed by atoms with Crippen molar-refractivity contribution in [1.29, 1.82) is 0 Å². The molecular weight excluding hydrogens is 180 g/mol. The van der Waals surface area contributed by atoms with Gasteiger partial charge in [-0.2, -0.15) is 0 Å². The normalized spacial score (nSPS) is 18.1. The summed E-state index contributed by atoms with van der Waals surface area (Å²) >= 11 is 0. The molecule has 4 heteroatoms. The van der Waals surface area contributed by atoms with E-state index in [-0.39, 0.29) is 19.1 Å². The monoisotopic (exact) mass is 200 g/mol. The predicted molar refractivity (Wildman–Crippen MR) is 54.7 cm³/mol. The van der Waals surface area contributed by atoms with Gasteiger partial charge in [0, 0.05) is 12.6 Å². The van der Waals surface area contributed by atoms with Crippen molar-refractivity contribution in [3.8, 4) is 0 Å². The highest BCUT2D eigenvalue weighted by molar-refractivity contribution is 5.78. The van der Waals surface area contributed by atoms with Crippen LogP contribution in [0.4, 0.5) is 0 Å². The average molecular weight is 200 g/mol. The van der Waals surface area contributed by atoms with E-state index in [4.69, 9.17) is 10.8 Å². The van der Waals surface area contributed by atoms with Gasteiger partial charge in [0.05, 0.1) is 13.2 Å². The second-order valence-corrected chi connectivity index (χ2v) is 3.81. The molecule has 3 N–H and O–H groups in total. The number of rotatable bonds is 4. The number of carbonyl (C=O) groups excluding carboxylic acids is 1. The van der Waals surface area contributed by atoms with Gasteiger partial charge in [0.1, 0.15) is 0 Å². The number of aliphatic hydroxyl groups excluding tert-OH is 1. The van der Waals surface area contributed by atoms with Gasteiger partial charge in [-0.25, -0.2) is 0 Å². The zero-order chi connectivity index (χ0) is 10.4. The Balaban J connectivity index is 2.50. The fraction of sp³-hybridized carbons (Fsp3) is 0.900. The van der Waals surface area contributed by atoms with E-state index in [9.17, 15) is 4.79 Å². The molecule has 1 aliphatic carbocycles. The zero-order valence-electron chi connectivity index (χ0n) is 8.61. The van der Waals surface area contributed by atoms with Crippen LogP contribution in [0.1, 0.15) is 32.1 Å². The van der Waals surface area contributed by atoms with E-state index in [0.29, 0.717) is 12.6 Å². The Bertz CT molecular complexity index is 179. The standard InChI is InChI=1S/C10H20N2O2/c11-8-10(14)12(6-7-13)9-4-2-1-3-5-9/h9,13H,1-8,11H2. The minimum absolute atomic E-state index is 0.0300. The first kappa shape index (κ1) is 11.5. The van der Waals surface area contributed by atoms with E-state index >= 15 is 0 Å². The quantitative estimate of drug-likeness (QED) is 0.676. The third-order valence-corrected chi connectivity index (χ3v) is 2.85. The molecule has 82 valence electrons. The van der Waals surface area contributed by atoms with Crippen molar-refractivity contribution in [1.82, 2.24) is 4.90 Å². The highest BCUT2D eigenvalue weighted by Gasteiger charge is 2.23. The lowest BCUT2D eigenvalue weighted by atomic mass is 9.94. The first-order valence-corrected chi connectivity index (χ1v) is 5.40. The summed E-state index contributed by atoms with van der Waals surface area (Å²) in [6, 6.07) is 0.312. The molecule has 14 heavy (non-hydrogen) atoms. The first-order chi connectivity index (χ1) is 6.79. The molecule has 0 unspecified atom stereocenters. The van der Waals surface area contributed by atoms with Gasteiger partial charge < -0.3 is 15.7 Å². The maximum atomic E-state index is 11.5. The molecule has 1 fully saturated rings. The van der Waals surface area contributed by atoms with Gasteiger partial charge in [-0.15, -0.1) is 0 Å². The molecule has 0 bridgehead atoms. The van der Waals surface area contributed by atoms with Crippen molar-refractivity contribution >= 4 is 5.91 Å². The van der Waals surface area contributed by atoms with Crippen molar-refractivity contribution in [2.24, 2.45) is 5.73 Å². The van der Waals surface area contributed by atoms with Crippen LogP contribution in [0.2, 0.25) is 0 Å². The molecular formula is C10H20N2O2. The molecule has 1 rings (SSSR count). The molecule has 1 amide bonds. The largest absolute Gasteiger partial charge is 0.395 e. The molecule has 0 aromatic heterocycles. The maximum absolute atomic E-state index is 11.5. The number of hydrogen-bond donors (Lipinski definition) is 2. The van der Waals surface area contributed by atoms with Crippen LogP contribution in [-0.2, 0) is 4.79 Å². The summed E-state index contributed by atoms with van der Waals surface area (Å²) in [4.78, 5) is 13.2. The smallest absolute Gasteiger partial charge is 0.236 e. The Labute approximate surface area is 85.1 Å². The van der Waals surface area contributed by atoms with Crippen LogP contribution in [0.25, 0.3) is 0 Å². The molecule has 0 radical (unpaired) electrons. The van der Waals surface area contributed by atoms with Gasteiger partial charge in [0.25, 0.3) is 0 Å². The third-order valence-electron chi connectivity index (χ3n) is 2.85. The fourth-order valence-corrected chi connectivity index (χ4v) is 2.13. The van der Waals surface area contributed by atoms with Gasteiger partial charge in [-0.3, -0.25) is 4.79 Å². The maximum Gasteiger partial charge on any atom is 0.236 e. The van der Waals surface area contributed by atoms with Crippen LogP contribution in [0, 0.1) is 0 Å². The minimum atomic E-state index is -0.0362. The number of nitrogens with zero attached hydrogens (tertiary/aromatic N) is 1. The number of amides is 1. The van der Waals surface area contributed by atoms with E-state index in [1.165, 1.54) is 19.3 Å². The number of nitrogens with two attached hydrogens (primary N) is 1. The summed E-state index contributed by atoms with van der Waals surface area (Å²) in [5.74, 6) is -0.0362. The second-order valence-electron chi connectivity index (χ2n) is 3.81. The predicted octanol–water partition coefficient (Wildman–Crippen LogP) is 0.0987. The number of carbonyl (C=O) groups is 1. The minimum Gasteiger partial charge on any atom is -0.395 e. The van der Waals surface area contributed by atoms with E-state index in [1.54, 1.807) is 4.90 Å². The van der Waals surface area contributed by atoms with E-state index in [0.717, 1.165) is 12.8 Å². The molecule has 1 aliphatic rings. The molecule has 1 saturated carbocycles. The van der Waals surface area contributed by atoms with Crippen LogP contribution >= 0.6 is 0 Å². The molecule has 0 atom stereocenters. The van der Waals surface area contributed by atoms with Crippen molar-refractivity contribution in [3.63, 3.8) is 0 Å². The van der Waals surface area contributed by atoms with Gasteiger partial charge in [0.2, 0.25) is 5.91 Å². The Hall–Kier alpha value is -0.610. The van der Waals surface area contributed by atoms with Gasteiger partial charge in [-0.05, 0) is 12.8 Å². The average Bonchev–Trinajstić information content (AvgIpc) is 2.26. The molecule has 0 spiro atoms. The summed E-state index contributed by atoms with van der Waals surface area (Å²) in [6.07, 6.45) is 5.76. The van der Waals surface area contributed by atoms with Crippen molar-refractivity contribution < 1.29 is 9.90 Å². The van der Waals surface area contributed by atoms with E-state index in [1.807, 2.05) is 0 Å². The highest BCUT2D eigenvalue weighted by atomic mass is 16.3. The molecule has 0 aromatic rings. The summed E-state index contributed by atoms with van der Waals surface area (Å²) < 4.78 is 0. The lowest BCUT2D eigenvalue weighted by Crippen LogP contribution is -2.45. The lowest BCUT2D eigenvalue weighted by Gasteiger charge is -2.33. The second kappa shape index (κ2) is 5.98. The van der Waals surface area contributed by atoms with Gasteiger partial charge >= 0.3 is 0 Å². The first-order valence-electron chi connectivity index (χ1n) is 5.40. The fourth-order valence-electron chi connectivity index (χ4n) is 2.13. The molecule has 0 aliphatic heterocycles. The van der Waals surface area contributed by atoms with Crippen molar-refractivity contribution in [2.75, 3.05) is 19.7 Å². The van der Waals surface area contributed by atoms with Crippen LogP contribution < -0.4 is 5.73 Å². The molecule has 0 saturated heterocycles. The highest BCUT2D eigenvalue weighted by Crippen LogP contribution is 2.22. The molecule has 0 heterocycles. The van der Waals surface area contributed by atoms with Crippen molar-refractivity contribution in [3.05, 3.63) is 0 Å². The van der Waals surface area contributed by atoms with Gasteiger partial charge in [-0.1, -0.05) is 19.3 Å². The summed E-state index contributed by atoms with van der Waals surface area (Å²) in [7, 11) is 0. The molecule has 0 aromatic carbocycles. The van der Waals surface area contributed by atoms with Crippen LogP contribution in [0.3, 0.4) is 0 Å². The topological polar surface area (TPSA) is 66.6 Å². The number of aliphatic hydroxyl groups is 1. The van der Waals surface area contributed by atoms with E-state index in [2.05, 4.69) is 0 Å². The Morgan fingerprint density at radius 2 is 2.00 bits per heavy atom. The summed E-state index contributed by atoms with van der Waals surface area (Å²) in [6.45, 7) is 0.513. The van der Waals surface area contributed by atoms with E-state index < -0.39 is 0 Å². The Morgan fingerprint density at radius 3 is 2.50 bits per heavy atom. The Morgan fingerprint density at radius 1 is 1.36 bits per heavy atom. The van der Waals surface area contributed by atoms with Gasteiger partial charge in [0.15, 0.2) is 0 Å². The molecule has 4 nitrogen and oxygen atoms in total. The number of hydrogen-bond acceptors (Lipinski definition) is 3. The van der Waals surface area contributed by atoms with Crippen molar-refractivity contribution in [2.45, 2.75) is 38.1 Å². The summed E-state index contributed by atoms with van der Waals surface area (Å²) in [5, 5.41) is 8.88. The van der Waals surface area contributed by atoms with Crippen LogP contribution in [0.15, 0.2) is 0 Å². The summed E-state index contributed by atoms with van der Waals surface area (Å²) in [5.41, 5.74) is 5.34. The van der Waals surface area contributed by atoms with Crippen LogP contribution in [0.5, 0.6) is 0 Å². The third kappa shape index (κ3) is 2.96. The lowest BCUT2D eigenvalue weighted by molar-refractivity contribution is -0.133. The Kier molecular flexibility index (Phi) is 4.90. The SMILES string of the molecule is NCC(=O)N(CCO)C1CCCCC1. The zero-order valence-corrected chi connectivity index (χ0v) is 8.61.